The molecular weight excluding hydrogens is 322 g/mol. The zero-order valence-corrected chi connectivity index (χ0v) is 11.6. The van der Waals surface area contributed by atoms with E-state index in [2.05, 4.69) is 15.5 Å². The lowest BCUT2D eigenvalue weighted by Crippen LogP contribution is -2.28. The van der Waals surface area contributed by atoms with Crippen LogP contribution < -0.4 is 5.32 Å². The molecule has 0 aliphatic heterocycles. The molecule has 1 aromatic heterocycles. The minimum Gasteiger partial charge on any atom is -0.475 e. The first kappa shape index (κ1) is 19.2. The van der Waals surface area contributed by atoms with E-state index < -0.39 is 23.7 Å². The maximum atomic E-state index is 12.2. The second-order valence-corrected chi connectivity index (χ2v) is 4.12. The van der Waals surface area contributed by atoms with Gasteiger partial charge in [0.1, 0.15) is 0 Å². The predicted octanol–water partition coefficient (Wildman–Crippen LogP) is 1.81. The van der Waals surface area contributed by atoms with Crippen molar-refractivity contribution in [2.45, 2.75) is 32.2 Å². The molecule has 1 heterocycles. The molecule has 0 saturated heterocycles. The van der Waals surface area contributed by atoms with Gasteiger partial charge in [0, 0.05) is 5.69 Å². The highest BCUT2D eigenvalue weighted by Gasteiger charge is 2.38. The summed E-state index contributed by atoms with van der Waals surface area (Å²) in [7, 11) is 0. The van der Waals surface area contributed by atoms with Crippen LogP contribution in [0.5, 0.6) is 0 Å². The number of alkyl halides is 5. The van der Waals surface area contributed by atoms with Gasteiger partial charge in [0.05, 0.1) is 12.2 Å². The summed E-state index contributed by atoms with van der Waals surface area (Å²) in [6.45, 7) is 3.92. The summed E-state index contributed by atoms with van der Waals surface area (Å²) in [5.74, 6) is -3.60. The van der Waals surface area contributed by atoms with Crippen LogP contribution in [0.15, 0.2) is 0 Å². The van der Waals surface area contributed by atoms with Gasteiger partial charge < -0.3 is 10.4 Å². The van der Waals surface area contributed by atoms with E-state index in [1.54, 1.807) is 0 Å². The van der Waals surface area contributed by atoms with Crippen LogP contribution >= 0.6 is 11.6 Å². The quantitative estimate of drug-likeness (QED) is 0.580. The van der Waals surface area contributed by atoms with Gasteiger partial charge in [-0.1, -0.05) is 11.6 Å². The fourth-order valence-electron chi connectivity index (χ4n) is 0.956. The number of hydrogen-bond acceptors (Lipinski definition) is 3. The first-order chi connectivity index (χ1) is 9.46. The molecule has 0 radical (unpaired) electrons. The van der Waals surface area contributed by atoms with Crippen LogP contribution in [-0.4, -0.2) is 39.0 Å². The van der Waals surface area contributed by atoms with Gasteiger partial charge in [0.2, 0.25) is 0 Å². The van der Waals surface area contributed by atoms with E-state index >= 15 is 0 Å². The van der Waals surface area contributed by atoms with Crippen LogP contribution in [0.1, 0.15) is 17.0 Å². The molecule has 0 aliphatic rings. The lowest BCUT2D eigenvalue weighted by molar-refractivity contribution is -0.192. The van der Waals surface area contributed by atoms with Crippen LogP contribution in [0.2, 0.25) is 0 Å². The van der Waals surface area contributed by atoms with Gasteiger partial charge >= 0.3 is 12.1 Å². The lowest BCUT2D eigenvalue weighted by atomic mass is 10.2. The molecule has 120 valence electrons. The molecule has 0 fully saturated rings. The van der Waals surface area contributed by atoms with Gasteiger partial charge in [-0.2, -0.15) is 18.3 Å². The van der Waals surface area contributed by atoms with Crippen LogP contribution in [0.3, 0.4) is 0 Å². The number of H-pyrrole nitrogens is 1. The van der Waals surface area contributed by atoms with Crippen molar-refractivity contribution < 1.29 is 32.3 Å². The molecule has 11 heteroatoms. The van der Waals surface area contributed by atoms with Crippen molar-refractivity contribution >= 4 is 23.5 Å². The highest BCUT2D eigenvalue weighted by Crippen LogP contribution is 2.13. The van der Waals surface area contributed by atoms with E-state index in [0.717, 1.165) is 11.3 Å². The van der Waals surface area contributed by atoms with E-state index in [9.17, 15) is 22.4 Å². The zero-order chi connectivity index (χ0) is 16.8. The Morgan fingerprint density at radius 2 is 1.90 bits per heavy atom. The Morgan fingerprint density at radius 3 is 2.19 bits per heavy atom. The molecular formula is C10H12ClF4N3O3. The number of carboxylic acid groups (broad SMARTS) is 1. The van der Waals surface area contributed by atoms with Gasteiger partial charge in [-0.3, -0.25) is 9.89 Å². The summed E-state index contributed by atoms with van der Waals surface area (Å²) in [5, 5.41) is 16.2. The minimum atomic E-state index is -5.08. The number of carbonyl (C=O) groups excluding carboxylic acids is 1. The smallest absolute Gasteiger partial charge is 0.475 e. The summed E-state index contributed by atoms with van der Waals surface area (Å²) < 4.78 is 44.0. The Hall–Kier alpha value is -1.84. The number of nitrogens with zero attached hydrogens (tertiary/aromatic N) is 1. The van der Waals surface area contributed by atoms with Gasteiger partial charge in [-0.05, 0) is 19.4 Å². The Bertz CT molecular complexity index is 502. The maximum Gasteiger partial charge on any atom is 0.490 e. The number of carboxylic acids is 1. The number of nitrogens with one attached hydrogen (secondary N) is 2. The summed E-state index contributed by atoms with van der Waals surface area (Å²) in [6.07, 6.45) is -5.08. The second kappa shape index (κ2) is 7.81. The predicted molar refractivity (Wildman–Crippen MR) is 64.3 cm³/mol. The number of hydrogen-bond donors (Lipinski definition) is 3. The third-order valence-corrected chi connectivity index (χ3v) is 2.42. The van der Waals surface area contributed by atoms with Gasteiger partial charge in [-0.15, -0.1) is 0 Å². The number of aliphatic carboxylic acids is 1. The van der Waals surface area contributed by atoms with E-state index in [1.165, 1.54) is 0 Å². The number of halogens is 5. The van der Waals surface area contributed by atoms with Crippen LogP contribution in [0, 0.1) is 13.8 Å². The molecule has 21 heavy (non-hydrogen) atoms. The van der Waals surface area contributed by atoms with Gasteiger partial charge in [-0.25, -0.2) is 9.18 Å². The van der Waals surface area contributed by atoms with E-state index in [-0.39, 0.29) is 6.54 Å². The molecule has 0 aromatic carbocycles. The molecule has 0 aliphatic carbocycles. The minimum absolute atomic E-state index is 0.183. The highest BCUT2D eigenvalue weighted by molar-refractivity contribution is 6.29. The van der Waals surface area contributed by atoms with E-state index in [4.69, 9.17) is 21.5 Å². The van der Waals surface area contributed by atoms with Crippen LogP contribution in [0.4, 0.5) is 17.6 Å². The highest BCUT2D eigenvalue weighted by atomic mass is 35.5. The Morgan fingerprint density at radius 1 is 1.43 bits per heavy atom. The molecule has 6 nitrogen and oxygen atoms in total. The number of rotatable bonds is 3. The fourth-order valence-corrected chi connectivity index (χ4v) is 1.03. The third kappa shape index (κ3) is 6.93. The summed E-state index contributed by atoms with van der Waals surface area (Å²) in [5.41, 5.74) is 0.565. The molecule has 1 unspecified atom stereocenters. The average molecular weight is 334 g/mol. The summed E-state index contributed by atoms with van der Waals surface area (Å²) in [4.78, 5) is 19.7. The molecule has 0 spiro atoms. The van der Waals surface area contributed by atoms with Gasteiger partial charge in [0.25, 0.3) is 11.5 Å². The largest absolute Gasteiger partial charge is 0.490 e. The number of aryl methyl sites for hydroxylation is 1. The zero-order valence-electron chi connectivity index (χ0n) is 10.9. The number of carbonyl (C=O) groups is 2. The molecule has 0 bridgehead atoms. The third-order valence-electron chi connectivity index (χ3n) is 2.22. The van der Waals surface area contributed by atoms with E-state index in [1.807, 2.05) is 13.8 Å². The van der Waals surface area contributed by atoms with Crippen molar-refractivity contribution in [1.29, 1.82) is 0 Å². The van der Waals surface area contributed by atoms with Crippen LogP contribution in [0.25, 0.3) is 0 Å². The van der Waals surface area contributed by atoms with Crippen molar-refractivity contribution in [3.05, 3.63) is 17.0 Å². The Labute approximate surface area is 121 Å². The lowest BCUT2D eigenvalue weighted by Gasteiger charge is -2.02. The molecule has 3 N–H and O–H groups in total. The van der Waals surface area contributed by atoms with Crippen molar-refractivity contribution in [3.63, 3.8) is 0 Å². The fraction of sp³-hybridized carbons (Fsp3) is 0.500. The molecule has 0 saturated carbocycles. The standard InChI is InChI=1S/C8H11ClFN3O.C2HF3O2/c1-4-5(2)12-13-6(4)3-11-8(14)7(9)10;3-2(4,5)1(6)7/h7H,3H2,1-2H3,(H,11,14)(H,12,13);(H,6,7). The first-order valence-corrected chi connectivity index (χ1v) is 5.76. The van der Waals surface area contributed by atoms with Crippen molar-refractivity contribution in [3.8, 4) is 0 Å². The van der Waals surface area contributed by atoms with Crippen molar-refractivity contribution in [1.82, 2.24) is 15.5 Å². The summed E-state index contributed by atoms with van der Waals surface area (Å²) in [6, 6.07) is 0. The number of aromatic amines is 1. The first-order valence-electron chi connectivity index (χ1n) is 5.33. The Balaban J connectivity index is 0.000000486. The average Bonchev–Trinajstić information content (AvgIpc) is 2.66. The van der Waals surface area contributed by atoms with E-state index in [0.29, 0.717) is 5.69 Å². The number of amides is 1. The SMILES string of the molecule is Cc1[nH]nc(CNC(=O)C(F)Cl)c1C.O=C(O)C(F)(F)F. The summed E-state index contributed by atoms with van der Waals surface area (Å²) >= 11 is 4.93. The molecule has 1 aromatic rings. The topological polar surface area (TPSA) is 95.1 Å². The second-order valence-electron chi connectivity index (χ2n) is 3.74. The van der Waals surface area contributed by atoms with Crippen LogP contribution in [-0.2, 0) is 16.1 Å². The molecule has 1 atom stereocenters. The maximum absolute atomic E-state index is 12.2. The molecule has 1 amide bonds. The Kier molecular flexibility index (Phi) is 7.13. The molecule has 1 rings (SSSR count). The van der Waals surface area contributed by atoms with Crippen molar-refractivity contribution in [2.75, 3.05) is 0 Å². The number of aromatic nitrogens is 2. The van der Waals surface area contributed by atoms with Crippen molar-refractivity contribution in [2.24, 2.45) is 0 Å². The normalized spacial score (nSPS) is 12.1. The monoisotopic (exact) mass is 333 g/mol. The van der Waals surface area contributed by atoms with Gasteiger partial charge in [0.15, 0.2) is 0 Å².